The number of hydrogen-bond acceptors (Lipinski definition) is 3. The highest BCUT2D eigenvalue weighted by Crippen LogP contribution is 2.22. The Morgan fingerprint density at radius 3 is 2.45 bits per heavy atom. The van der Waals surface area contributed by atoms with E-state index in [2.05, 4.69) is 5.32 Å². The topological polar surface area (TPSA) is 46.2 Å². The van der Waals surface area contributed by atoms with Gasteiger partial charge in [0.1, 0.15) is 0 Å². The molecule has 0 aliphatic carbocycles. The molecule has 0 radical (unpaired) electrons. The Hall–Kier alpha value is -2.10. The monoisotopic (exact) mass is 333 g/mol. The van der Waals surface area contributed by atoms with Gasteiger partial charge in [-0.15, -0.1) is 0 Å². The van der Waals surface area contributed by atoms with Crippen molar-refractivity contribution in [2.75, 3.05) is 5.32 Å². The van der Waals surface area contributed by atoms with Crippen LogP contribution < -0.4 is 5.32 Å². The zero-order valence-corrected chi connectivity index (χ0v) is 13.3. The number of carbonyl (C=O) groups excluding carboxylic acids is 2. The average Bonchev–Trinajstić information content (AvgIpc) is 2.50. The number of allylic oxidation sites excluding steroid dienone is 1. The normalized spacial score (nSPS) is 10.7. The highest BCUT2D eigenvalue weighted by molar-refractivity contribution is 6.42. The van der Waals surface area contributed by atoms with Crippen LogP contribution in [-0.2, 0) is 0 Å². The maximum absolute atomic E-state index is 12.0. The second kappa shape index (κ2) is 7.25. The Bertz CT molecular complexity index is 754. The molecule has 0 bridgehead atoms. The van der Waals surface area contributed by atoms with Gasteiger partial charge in [0.15, 0.2) is 11.6 Å². The molecule has 22 heavy (non-hydrogen) atoms. The van der Waals surface area contributed by atoms with Crippen LogP contribution in [0.4, 0.5) is 5.69 Å². The lowest BCUT2D eigenvalue weighted by Crippen LogP contribution is -1.97. The Kier molecular flexibility index (Phi) is 5.36. The van der Waals surface area contributed by atoms with E-state index in [0.717, 1.165) is 5.69 Å². The fraction of sp³-hybridized carbons (Fsp3) is 0.0588. The van der Waals surface area contributed by atoms with E-state index in [1.807, 2.05) is 0 Å². The summed E-state index contributed by atoms with van der Waals surface area (Å²) in [6.45, 7) is 1.50. The smallest absolute Gasteiger partial charge is 0.187 e. The van der Waals surface area contributed by atoms with Gasteiger partial charge in [-0.05, 0) is 37.3 Å². The van der Waals surface area contributed by atoms with Gasteiger partial charge < -0.3 is 5.32 Å². The van der Waals surface area contributed by atoms with Gasteiger partial charge in [0, 0.05) is 29.1 Å². The van der Waals surface area contributed by atoms with Crippen molar-refractivity contribution in [2.45, 2.75) is 6.92 Å². The Labute approximate surface area is 138 Å². The molecule has 0 atom stereocenters. The molecule has 0 amide bonds. The van der Waals surface area contributed by atoms with Crippen LogP contribution in [0.25, 0.3) is 0 Å². The number of anilines is 1. The van der Waals surface area contributed by atoms with Crippen LogP contribution in [0.15, 0.2) is 54.7 Å². The third kappa shape index (κ3) is 4.20. The summed E-state index contributed by atoms with van der Waals surface area (Å²) < 4.78 is 0. The lowest BCUT2D eigenvalue weighted by atomic mass is 10.1. The molecule has 0 aliphatic heterocycles. The van der Waals surface area contributed by atoms with Crippen LogP contribution in [0.2, 0.25) is 10.0 Å². The van der Waals surface area contributed by atoms with Crippen LogP contribution in [0.5, 0.6) is 0 Å². The number of rotatable bonds is 5. The quantitative estimate of drug-likeness (QED) is 0.618. The lowest BCUT2D eigenvalue weighted by Gasteiger charge is -2.03. The van der Waals surface area contributed by atoms with Crippen molar-refractivity contribution >= 4 is 40.5 Å². The van der Waals surface area contributed by atoms with Crippen molar-refractivity contribution < 1.29 is 9.59 Å². The molecule has 2 rings (SSSR count). The number of halogens is 2. The van der Waals surface area contributed by atoms with E-state index in [4.69, 9.17) is 23.2 Å². The first-order valence-electron chi connectivity index (χ1n) is 6.51. The summed E-state index contributed by atoms with van der Waals surface area (Å²) in [6.07, 6.45) is 2.91. The summed E-state index contributed by atoms with van der Waals surface area (Å²) in [5, 5.41) is 3.69. The summed E-state index contributed by atoms with van der Waals surface area (Å²) in [5.41, 5.74) is 1.78. The Morgan fingerprint density at radius 2 is 1.77 bits per heavy atom. The van der Waals surface area contributed by atoms with E-state index in [-0.39, 0.29) is 11.6 Å². The van der Waals surface area contributed by atoms with Crippen LogP contribution >= 0.6 is 23.2 Å². The number of carbonyl (C=O) groups is 2. The second-order valence-electron chi connectivity index (χ2n) is 4.61. The van der Waals surface area contributed by atoms with Crippen molar-refractivity contribution in [3.05, 3.63) is 75.9 Å². The van der Waals surface area contributed by atoms with Gasteiger partial charge in [0.05, 0.1) is 10.0 Å². The summed E-state index contributed by atoms with van der Waals surface area (Å²) in [6, 6.07) is 11.7. The minimum absolute atomic E-state index is 0.0143. The molecule has 0 saturated carbocycles. The second-order valence-corrected chi connectivity index (χ2v) is 5.42. The SMILES string of the molecule is CC(=O)c1cccc(N/C=C/C(=O)c2ccc(Cl)c(Cl)c2)c1. The van der Waals surface area contributed by atoms with Gasteiger partial charge in [-0.1, -0.05) is 35.3 Å². The largest absolute Gasteiger partial charge is 0.362 e. The van der Waals surface area contributed by atoms with Gasteiger partial charge in [0.25, 0.3) is 0 Å². The Balaban J connectivity index is 2.05. The van der Waals surface area contributed by atoms with Crippen molar-refractivity contribution in [1.29, 1.82) is 0 Å². The van der Waals surface area contributed by atoms with E-state index in [1.54, 1.807) is 36.4 Å². The van der Waals surface area contributed by atoms with Crippen molar-refractivity contribution in [3.63, 3.8) is 0 Å². The fourth-order valence-electron chi connectivity index (χ4n) is 1.79. The summed E-state index contributed by atoms with van der Waals surface area (Å²) in [4.78, 5) is 23.3. The number of nitrogens with one attached hydrogen (secondary N) is 1. The molecule has 0 fully saturated rings. The highest BCUT2D eigenvalue weighted by atomic mass is 35.5. The van der Waals surface area contributed by atoms with E-state index in [9.17, 15) is 9.59 Å². The molecule has 0 heterocycles. The fourth-order valence-corrected chi connectivity index (χ4v) is 2.09. The molecule has 5 heteroatoms. The summed E-state index contributed by atoms with van der Waals surface area (Å²) in [5.74, 6) is -0.215. The van der Waals surface area contributed by atoms with Crippen LogP contribution in [0.3, 0.4) is 0 Å². The Morgan fingerprint density at radius 1 is 1.00 bits per heavy atom. The van der Waals surface area contributed by atoms with Crippen molar-refractivity contribution in [2.24, 2.45) is 0 Å². The zero-order chi connectivity index (χ0) is 16.1. The van der Waals surface area contributed by atoms with Crippen LogP contribution in [0.1, 0.15) is 27.6 Å². The molecule has 0 spiro atoms. The molecule has 1 N–H and O–H groups in total. The minimum Gasteiger partial charge on any atom is -0.362 e. The van der Waals surface area contributed by atoms with E-state index in [1.165, 1.54) is 25.3 Å². The minimum atomic E-state index is -0.200. The molecule has 2 aromatic carbocycles. The average molecular weight is 334 g/mol. The summed E-state index contributed by atoms with van der Waals surface area (Å²) in [7, 11) is 0. The van der Waals surface area contributed by atoms with E-state index in [0.29, 0.717) is 21.2 Å². The zero-order valence-electron chi connectivity index (χ0n) is 11.8. The first kappa shape index (κ1) is 16.3. The molecular formula is C17H13Cl2NO2. The lowest BCUT2D eigenvalue weighted by molar-refractivity contribution is 0.101. The third-order valence-electron chi connectivity index (χ3n) is 2.96. The molecule has 112 valence electrons. The first-order chi connectivity index (χ1) is 10.5. The number of ketones is 2. The predicted molar refractivity (Wildman–Crippen MR) is 90.0 cm³/mol. The number of benzene rings is 2. The van der Waals surface area contributed by atoms with E-state index < -0.39 is 0 Å². The molecule has 0 saturated heterocycles. The maximum Gasteiger partial charge on any atom is 0.187 e. The molecule has 3 nitrogen and oxygen atoms in total. The van der Waals surface area contributed by atoms with Crippen LogP contribution in [-0.4, -0.2) is 11.6 Å². The number of Topliss-reactive ketones (excluding diaryl/α,β-unsaturated/α-hetero) is 1. The number of hydrogen-bond donors (Lipinski definition) is 1. The molecule has 0 aliphatic rings. The standard InChI is InChI=1S/C17H13Cl2NO2/c1-11(21)12-3-2-4-14(9-12)20-8-7-17(22)13-5-6-15(18)16(19)10-13/h2-10,20H,1H3/b8-7+. The molecule has 0 aromatic heterocycles. The molecular weight excluding hydrogens is 321 g/mol. The van der Waals surface area contributed by atoms with Crippen molar-refractivity contribution in [1.82, 2.24) is 0 Å². The first-order valence-corrected chi connectivity index (χ1v) is 7.26. The van der Waals surface area contributed by atoms with Crippen molar-refractivity contribution in [3.8, 4) is 0 Å². The van der Waals surface area contributed by atoms with E-state index >= 15 is 0 Å². The predicted octanol–water partition coefficient (Wildman–Crippen LogP) is 5.00. The maximum atomic E-state index is 12.0. The van der Waals surface area contributed by atoms with Gasteiger partial charge >= 0.3 is 0 Å². The summed E-state index contributed by atoms with van der Waals surface area (Å²) >= 11 is 11.7. The van der Waals surface area contributed by atoms with Gasteiger partial charge in [-0.2, -0.15) is 0 Å². The van der Waals surface area contributed by atoms with Gasteiger partial charge in [-0.25, -0.2) is 0 Å². The highest BCUT2D eigenvalue weighted by Gasteiger charge is 2.05. The molecule has 2 aromatic rings. The van der Waals surface area contributed by atoms with Crippen LogP contribution in [0, 0.1) is 0 Å². The van der Waals surface area contributed by atoms with Gasteiger partial charge in [0.2, 0.25) is 0 Å². The molecule has 0 unspecified atom stereocenters. The van der Waals surface area contributed by atoms with Gasteiger partial charge in [-0.3, -0.25) is 9.59 Å². The third-order valence-corrected chi connectivity index (χ3v) is 3.70.